The second kappa shape index (κ2) is 3.45. The quantitative estimate of drug-likeness (QED) is 0.538. The molecule has 0 spiro atoms. The largest absolute Gasteiger partial charge is 0.386 e. The summed E-state index contributed by atoms with van der Waals surface area (Å²) in [4.78, 5) is 23.8. The lowest BCUT2D eigenvalue weighted by atomic mass is 9.80. The molecule has 4 rings (SSSR count). The molecule has 1 heterocycles. The molecule has 0 N–H and O–H groups in total. The highest BCUT2D eigenvalue weighted by Gasteiger charge is 2.31. The van der Waals surface area contributed by atoms with Crippen molar-refractivity contribution in [2.45, 2.75) is 6.42 Å². The van der Waals surface area contributed by atoms with Crippen LogP contribution in [0, 0.1) is 0 Å². The first-order valence-corrected chi connectivity index (χ1v) is 6.30. The normalized spacial score (nSPS) is 16.6. The van der Waals surface area contributed by atoms with Gasteiger partial charge in [0.15, 0.2) is 0 Å². The van der Waals surface area contributed by atoms with Crippen LogP contribution < -0.4 is 0 Å². The Labute approximate surface area is 115 Å². The predicted octanol–water partition coefficient (Wildman–Crippen LogP) is 3.58. The Bertz CT molecular complexity index is 732. The molecule has 3 nitrogen and oxygen atoms in total. The highest BCUT2D eigenvalue weighted by Crippen LogP contribution is 2.43. The molecule has 2 aliphatic rings. The van der Waals surface area contributed by atoms with Crippen molar-refractivity contribution >= 4 is 33.9 Å². The number of ether oxygens (including phenoxy) is 1. The minimum Gasteiger partial charge on any atom is -0.386 e. The van der Waals surface area contributed by atoms with Crippen LogP contribution in [0.25, 0.3) is 21.9 Å². The molecular weight excluding hydrogens is 252 g/mol. The van der Waals surface area contributed by atoms with E-state index in [-0.39, 0.29) is 0 Å². The van der Waals surface area contributed by atoms with Crippen molar-refractivity contribution < 1.29 is 14.3 Å². The minimum absolute atomic E-state index is 0.433. The van der Waals surface area contributed by atoms with Crippen LogP contribution >= 0.6 is 0 Å². The van der Waals surface area contributed by atoms with Gasteiger partial charge in [-0.1, -0.05) is 25.3 Å². The molecule has 1 aliphatic carbocycles. The van der Waals surface area contributed by atoms with Gasteiger partial charge >= 0.3 is 11.9 Å². The number of benzene rings is 2. The lowest BCUT2D eigenvalue weighted by Crippen LogP contribution is -2.20. The summed E-state index contributed by atoms with van der Waals surface area (Å²) in [6, 6.07) is 7.16. The summed E-state index contributed by atoms with van der Waals surface area (Å²) in [5, 5.41) is 1.56. The zero-order chi connectivity index (χ0) is 14.0. The van der Waals surface area contributed by atoms with Crippen LogP contribution in [-0.2, 0) is 4.74 Å². The molecule has 0 radical (unpaired) electrons. The van der Waals surface area contributed by atoms with Crippen LogP contribution in [0.4, 0.5) is 0 Å². The van der Waals surface area contributed by atoms with Crippen molar-refractivity contribution in [2.24, 2.45) is 0 Å². The summed E-state index contributed by atoms with van der Waals surface area (Å²) in [5.41, 5.74) is 4.74. The van der Waals surface area contributed by atoms with Crippen LogP contribution in [0.15, 0.2) is 37.4 Å². The van der Waals surface area contributed by atoms with E-state index >= 15 is 0 Å². The Hall–Kier alpha value is -2.68. The number of cyclic esters (lactones) is 2. The zero-order valence-electron chi connectivity index (χ0n) is 10.7. The Balaban J connectivity index is 2.29. The van der Waals surface area contributed by atoms with E-state index in [1.54, 1.807) is 12.1 Å². The van der Waals surface area contributed by atoms with Crippen LogP contribution in [0.5, 0.6) is 0 Å². The van der Waals surface area contributed by atoms with Crippen molar-refractivity contribution in [1.82, 2.24) is 0 Å². The van der Waals surface area contributed by atoms with Gasteiger partial charge in [0.05, 0.1) is 11.1 Å². The lowest BCUT2D eigenvalue weighted by molar-refractivity contribution is 0.0391. The topological polar surface area (TPSA) is 43.4 Å². The monoisotopic (exact) mass is 262 g/mol. The highest BCUT2D eigenvalue weighted by molar-refractivity contribution is 6.24. The molecule has 0 unspecified atom stereocenters. The average Bonchev–Trinajstić information content (AvgIpc) is 2.42. The summed E-state index contributed by atoms with van der Waals surface area (Å²) < 4.78 is 4.77. The van der Waals surface area contributed by atoms with E-state index in [2.05, 4.69) is 13.2 Å². The van der Waals surface area contributed by atoms with Gasteiger partial charge in [0.2, 0.25) is 0 Å². The molecule has 0 saturated heterocycles. The Morgan fingerprint density at radius 3 is 1.65 bits per heavy atom. The number of rotatable bonds is 0. The van der Waals surface area contributed by atoms with E-state index in [1.165, 1.54) is 0 Å². The van der Waals surface area contributed by atoms with E-state index < -0.39 is 11.9 Å². The maximum absolute atomic E-state index is 11.9. The average molecular weight is 262 g/mol. The molecule has 2 aromatic carbocycles. The molecule has 0 fully saturated rings. The fraction of sp³-hybridized carbons (Fsp3) is 0.0588. The first kappa shape index (κ1) is 11.2. The molecule has 3 heteroatoms. The molecule has 1 aliphatic heterocycles. The number of esters is 2. The summed E-state index contributed by atoms with van der Waals surface area (Å²) >= 11 is 0. The van der Waals surface area contributed by atoms with Gasteiger partial charge in [-0.25, -0.2) is 9.59 Å². The molecule has 2 aromatic rings. The lowest BCUT2D eigenvalue weighted by Gasteiger charge is -2.25. The van der Waals surface area contributed by atoms with Crippen LogP contribution in [0.3, 0.4) is 0 Å². The van der Waals surface area contributed by atoms with Crippen LogP contribution in [0.1, 0.15) is 38.3 Å². The molecular formula is C17H10O3. The first-order chi connectivity index (χ1) is 9.58. The smallest absolute Gasteiger partial charge is 0.346 e. The number of allylic oxidation sites excluding steroid dienone is 2. The highest BCUT2D eigenvalue weighted by atomic mass is 16.6. The van der Waals surface area contributed by atoms with Gasteiger partial charge in [0.1, 0.15) is 0 Å². The van der Waals surface area contributed by atoms with Gasteiger partial charge in [-0.3, -0.25) is 0 Å². The Morgan fingerprint density at radius 2 is 1.15 bits per heavy atom. The maximum atomic E-state index is 11.9. The third kappa shape index (κ3) is 1.19. The van der Waals surface area contributed by atoms with Gasteiger partial charge in [0.25, 0.3) is 0 Å². The Morgan fingerprint density at radius 1 is 0.750 bits per heavy atom. The van der Waals surface area contributed by atoms with Gasteiger partial charge < -0.3 is 4.74 Å². The van der Waals surface area contributed by atoms with Gasteiger partial charge in [0, 0.05) is 5.39 Å². The summed E-state index contributed by atoms with van der Waals surface area (Å²) in [6.07, 6.45) is 0.708. The van der Waals surface area contributed by atoms with Gasteiger partial charge in [-0.2, -0.15) is 0 Å². The minimum atomic E-state index is -0.590. The third-order valence-electron chi connectivity index (χ3n) is 3.97. The van der Waals surface area contributed by atoms with Gasteiger partial charge in [-0.05, 0) is 46.2 Å². The fourth-order valence-electron chi connectivity index (χ4n) is 3.07. The van der Waals surface area contributed by atoms with Crippen molar-refractivity contribution in [3.8, 4) is 0 Å². The predicted molar refractivity (Wildman–Crippen MR) is 76.4 cm³/mol. The second-order valence-corrected chi connectivity index (χ2v) is 5.13. The van der Waals surface area contributed by atoms with Crippen LogP contribution in [0.2, 0.25) is 0 Å². The Kier molecular flexibility index (Phi) is 1.93. The number of hydrogen-bond acceptors (Lipinski definition) is 3. The number of carbonyl (C=O) groups is 2. The molecule has 0 atom stereocenters. The number of carbonyl (C=O) groups excluding carboxylic acids is 2. The third-order valence-corrected chi connectivity index (χ3v) is 3.97. The fourth-order valence-corrected chi connectivity index (χ4v) is 3.07. The molecule has 0 aromatic heterocycles. The van der Waals surface area contributed by atoms with E-state index in [0.29, 0.717) is 22.9 Å². The molecule has 0 saturated carbocycles. The van der Waals surface area contributed by atoms with E-state index in [1.807, 2.05) is 12.1 Å². The number of hydrogen-bond donors (Lipinski definition) is 0. The first-order valence-electron chi connectivity index (χ1n) is 6.30. The second-order valence-electron chi connectivity index (χ2n) is 5.13. The van der Waals surface area contributed by atoms with Crippen molar-refractivity contribution in [2.75, 3.05) is 0 Å². The summed E-state index contributed by atoms with van der Waals surface area (Å²) in [7, 11) is 0. The van der Waals surface area contributed by atoms with Crippen molar-refractivity contribution in [3.05, 3.63) is 59.7 Å². The molecule has 96 valence electrons. The van der Waals surface area contributed by atoms with Gasteiger partial charge in [-0.15, -0.1) is 0 Å². The van der Waals surface area contributed by atoms with Crippen LogP contribution in [-0.4, -0.2) is 11.9 Å². The van der Waals surface area contributed by atoms with E-state index in [9.17, 15) is 9.59 Å². The van der Waals surface area contributed by atoms with Crippen molar-refractivity contribution in [3.63, 3.8) is 0 Å². The van der Waals surface area contributed by atoms with Crippen molar-refractivity contribution in [1.29, 1.82) is 0 Å². The molecule has 20 heavy (non-hydrogen) atoms. The SMILES string of the molecule is C=C1CC(=C)c2ccc3c4c(ccc1c24)C(=O)OC3=O. The van der Waals surface area contributed by atoms with E-state index in [4.69, 9.17) is 4.74 Å². The summed E-state index contributed by atoms with van der Waals surface area (Å²) in [5.74, 6) is -1.18. The molecule has 0 bridgehead atoms. The van der Waals surface area contributed by atoms with E-state index in [0.717, 1.165) is 27.7 Å². The summed E-state index contributed by atoms with van der Waals surface area (Å²) in [6.45, 7) is 8.14. The maximum Gasteiger partial charge on any atom is 0.346 e. The standard InChI is InChI=1S/C17H10O3/c1-8-7-9(2)11-4-6-13-15-12(16(18)20-17(13)19)5-3-10(8)14(11)15/h3-6H,1-2,7H2. The molecule has 0 amide bonds. The zero-order valence-corrected chi connectivity index (χ0v) is 10.7.